The smallest absolute Gasteiger partial charge is 0.407 e. The highest BCUT2D eigenvalue weighted by Crippen LogP contribution is 2.44. The zero-order valence-electron chi connectivity index (χ0n) is 20.0. The van der Waals surface area contributed by atoms with Gasteiger partial charge in [-0.1, -0.05) is 67.4 Å². The summed E-state index contributed by atoms with van der Waals surface area (Å²) in [5, 5.41) is 15.2. The van der Waals surface area contributed by atoms with Crippen molar-refractivity contribution >= 4 is 18.0 Å². The molecule has 0 aromatic heterocycles. The van der Waals surface area contributed by atoms with E-state index in [2.05, 4.69) is 29.3 Å². The van der Waals surface area contributed by atoms with Crippen LogP contribution in [0.25, 0.3) is 11.1 Å². The van der Waals surface area contributed by atoms with Crippen LogP contribution in [0.1, 0.15) is 56.1 Å². The number of hydrogen-bond acceptors (Lipinski definition) is 4. The van der Waals surface area contributed by atoms with Crippen LogP contribution in [0.3, 0.4) is 0 Å². The summed E-state index contributed by atoms with van der Waals surface area (Å²) < 4.78 is 5.58. The molecule has 0 saturated heterocycles. The SMILES string of the molecule is C=CCC(NC(=O)OCC1c2ccccc2-c2ccccc21)C(=O)NC1CCCCC1(C)C(=O)O. The fraction of sp³-hybridized carbons (Fsp3) is 0.393. The van der Waals surface area contributed by atoms with Crippen LogP contribution in [0.4, 0.5) is 4.79 Å². The third-order valence-electron chi connectivity index (χ3n) is 7.37. The normalized spacial score (nSPS) is 21.8. The topological polar surface area (TPSA) is 105 Å². The molecule has 2 amide bonds. The number of alkyl carbamates (subject to hydrolysis) is 1. The van der Waals surface area contributed by atoms with E-state index in [1.54, 1.807) is 13.0 Å². The molecule has 0 heterocycles. The van der Waals surface area contributed by atoms with E-state index in [9.17, 15) is 19.5 Å². The number of aliphatic carboxylic acids is 1. The van der Waals surface area contributed by atoms with E-state index in [1.807, 2.05) is 36.4 Å². The van der Waals surface area contributed by atoms with Gasteiger partial charge in [0, 0.05) is 12.0 Å². The molecule has 0 spiro atoms. The summed E-state index contributed by atoms with van der Waals surface area (Å²) in [4.78, 5) is 37.6. The van der Waals surface area contributed by atoms with Crippen LogP contribution in [-0.2, 0) is 14.3 Å². The molecular weight excluding hydrogens is 444 g/mol. The van der Waals surface area contributed by atoms with Gasteiger partial charge in [-0.25, -0.2) is 4.79 Å². The van der Waals surface area contributed by atoms with Gasteiger partial charge in [-0.3, -0.25) is 9.59 Å². The zero-order valence-corrected chi connectivity index (χ0v) is 20.0. The maximum absolute atomic E-state index is 13.0. The van der Waals surface area contributed by atoms with E-state index in [-0.39, 0.29) is 18.9 Å². The van der Waals surface area contributed by atoms with Gasteiger partial charge < -0.3 is 20.5 Å². The molecule has 7 nitrogen and oxygen atoms in total. The Morgan fingerprint density at radius 3 is 2.34 bits per heavy atom. The Morgan fingerprint density at radius 1 is 1.11 bits per heavy atom. The number of hydrogen-bond donors (Lipinski definition) is 3. The maximum Gasteiger partial charge on any atom is 0.407 e. The van der Waals surface area contributed by atoms with E-state index >= 15 is 0 Å². The van der Waals surface area contributed by atoms with Crippen molar-refractivity contribution in [2.45, 2.75) is 57.0 Å². The highest BCUT2D eigenvalue weighted by molar-refractivity contribution is 5.87. The van der Waals surface area contributed by atoms with Crippen molar-refractivity contribution in [3.05, 3.63) is 72.3 Å². The third kappa shape index (κ3) is 4.94. The summed E-state index contributed by atoms with van der Waals surface area (Å²) in [5.41, 5.74) is 3.44. The number of fused-ring (bicyclic) bond motifs is 3. The Labute approximate surface area is 205 Å². The maximum atomic E-state index is 13.0. The first-order valence-corrected chi connectivity index (χ1v) is 12.1. The van der Waals surface area contributed by atoms with Gasteiger partial charge in [-0.2, -0.15) is 0 Å². The first kappa shape index (κ1) is 24.5. The molecule has 2 aromatic rings. The van der Waals surface area contributed by atoms with Crippen molar-refractivity contribution in [3.63, 3.8) is 0 Å². The van der Waals surface area contributed by atoms with E-state index in [0.29, 0.717) is 12.8 Å². The average molecular weight is 477 g/mol. The summed E-state index contributed by atoms with van der Waals surface area (Å²) in [7, 11) is 0. The highest BCUT2D eigenvalue weighted by Gasteiger charge is 2.44. The molecule has 2 aromatic carbocycles. The molecule has 1 fully saturated rings. The summed E-state index contributed by atoms with van der Waals surface area (Å²) >= 11 is 0. The van der Waals surface area contributed by atoms with Gasteiger partial charge in [0.05, 0.1) is 5.41 Å². The van der Waals surface area contributed by atoms with Crippen LogP contribution in [0.5, 0.6) is 0 Å². The molecule has 7 heteroatoms. The lowest BCUT2D eigenvalue weighted by molar-refractivity contribution is -0.152. The molecular formula is C28H32N2O5. The number of rotatable bonds is 8. The summed E-state index contributed by atoms with van der Waals surface area (Å²) in [6.07, 6.45) is 3.79. The van der Waals surface area contributed by atoms with E-state index in [4.69, 9.17) is 4.74 Å². The molecule has 4 rings (SSSR count). The van der Waals surface area contributed by atoms with Crippen LogP contribution in [0.15, 0.2) is 61.2 Å². The van der Waals surface area contributed by atoms with Crippen LogP contribution < -0.4 is 10.6 Å². The lowest BCUT2D eigenvalue weighted by Crippen LogP contribution is -2.56. The molecule has 2 aliphatic carbocycles. The first-order valence-electron chi connectivity index (χ1n) is 12.1. The second-order valence-corrected chi connectivity index (χ2v) is 9.58. The van der Waals surface area contributed by atoms with E-state index in [1.165, 1.54) is 0 Å². The number of nitrogens with one attached hydrogen (secondary N) is 2. The largest absolute Gasteiger partial charge is 0.481 e. The molecule has 0 radical (unpaired) electrons. The van der Waals surface area contributed by atoms with Gasteiger partial charge in [0.2, 0.25) is 5.91 Å². The molecule has 3 unspecified atom stereocenters. The van der Waals surface area contributed by atoms with Crippen molar-refractivity contribution in [3.8, 4) is 11.1 Å². The Morgan fingerprint density at radius 2 is 1.74 bits per heavy atom. The van der Waals surface area contributed by atoms with Gasteiger partial charge in [0.25, 0.3) is 0 Å². The Balaban J connectivity index is 1.40. The minimum Gasteiger partial charge on any atom is -0.481 e. The van der Waals surface area contributed by atoms with Crippen molar-refractivity contribution in [2.75, 3.05) is 6.61 Å². The van der Waals surface area contributed by atoms with Crippen LogP contribution in [-0.4, -0.2) is 41.8 Å². The summed E-state index contributed by atoms with van der Waals surface area (Å²) in [5.74, 6) is -1.44. The van der Waals surface area contributed by atoms with Crippen LogP contribution >= 0.6 is 0 Å². The van der Waals surface area contributed by atoms with Gasteiger partial charge in [-0.05, 0) is 48.4 Å². The number of amides is 2. The molecule has 35 heavy (non-hydrogen) atoms. The predicted molar refractivity (Wildman–Crippen MR) is 133 cm³/mol. The number of carboxylic acids is 1. The Hall–Kier alpha value is -3.61. The molecule has 0 bridgehead atoms. The number of carboxylic acid groups (broad SMARTS) is 1. The average Bonchev–Trinajstić information content (AvgIpc) is 3.17. The number of carbonyl (C=O) groups excluding carboxylic acids is 2. The van der Waals surface area contributed by atoms with E-state index < -0.39 is 35.5 Å². The standard InChI is InChI=1S/C28H32N2O5/c1-3-10-23(25(31)30-24-15-8-9-16-28(24,2)26(32)33)29-27(34)35-17-22-20-13-6-4-11-18(20)19-12-5-7-14-21(19)22/h3-7,11-14,22-24H,1,8-10,15-17H2,2H3,(H,29,34)(H,30,31)(H,32,33). The monoisotopic (exact) mass is 476 g/mol. The fourth-order valence-corrected chi connectivity index (χ4v) is 5.27. The minimum absolute atomic E-state index is 0.0849. The molecule has 1 saturated carbocycles. The molecule has 184 valence electrons. The van der Waals surface area contributed by atoms with Crippen molar-refractivity contribution < 1.29 is 24.2 Å². The van der Waals surface area contributed by atoms with Crippen LogP contribution in [0.2, 0.25) is 0 Å². The molecule has 3 N–H and O–H groups in total. The Bertz CT molecular complexity index is 1080. The zero-order chi connectivity index (χ0) is 25.0. The molecule has 3 atom stereocenters. The number of ether oxygens (including phenoxy) is 1. The minimum atomic E-state index is -1.03. The first-order chi connectivity index (χ1) is 16.8. The van der Waals surface area contributed by atoms with Gasteiger partial charge in [-0.15, -0.1) is 6.58 Å². The van der Waals surface area contributed by atoms with Gasteiger partial charge in [0.1, 0.15) is 12.6 Å². The van der Waals surface area contributed by atoms with Crippen molar-refractivity contribution in [1.29, 1.82) is 0 Å². The summed E-state index contributed by atoms with van der Waals surface area (Å²) in [6, 6.07) is 14.7. The quantitative estimate of drug-likeness (QED) is 0.482. The van der Waals surface area contributed by atoms with Gasteiger partial charge >= 0.3 is 12.1 Å². The second-order valence-electron chi connectivity index (χ2n) is 9.58. The lowest BCUT2D eigenvalue weighted by Gasteiger charge is -2.38. The lowest BCUT2D eigenvalue weighted by atomic mass is 9.71. The number of benzene rings is 2. The molecule has 2 aliphatic rings. The van der Waals surface area contributed by atoms with E-state index in [0.717, 1.165) is 35.1 Å². The molecule has 0 aliphatic heterocycles. The Kier molecular flexibility index (Phi) is 7.24. The fourth-order valence-electron chi connectivity index (χ4n) is 5.27. The van der Waals surface area contributed by atoms with Crippen molar-refractivity contribution in [2.24, 2.45) is 5.41 Å². The van der Waals surface area contributed by atoms with Crippen LogP contribution in [0, 0.1) is 5.41 Å². The highest BCUT2D eigenvalue weighted by atomic mass is 16.5. The third-order valence-corrected chi connectivity index (χ3v) is 7.37. The van der Waals surface area contributed by atoms with Gasteiger partial charge in [0.15, 0.2) is 0 Å². The predicted octanol–water partition coefficient (Wildman–Crippen LogP) is 4.62. The van der Waals surface area contributed by atoms with Crippen molar-refractivity contribution in [1.82, 2.24) is 10.6 Å². The second kappa shape index (κ2) is 10.3. The summed E-state index contributed by atoms with van der Waals surface area (Å²) in [6.45, 7) is 5.50. The number of carbonyl (C=O) groups is 3.